The predicted molar refractivity (Wildman–Crippen MR) is 267 cm³/mol. The number of pyridine rings is 2. The summed E-state index contributed by atoms with van der Waals surface area (Å²) in [7, 11) is 0. The first-order valence-electron chi connectivity index (χ1n) is 22.0. The minimum Gasteiger partial charge on any atom is -0.481 e. The molecule has 4 amide bonds. The number of esters is 1. The van der Waals surface area contributed by atoms with E-state index in [0.29, 0.717) is 31.5 Å². The number of amides is 4. The Morgan fingerprint density at radius 2 is 1.07 bits per heavy atom. The lowest BCUT2D eigenvalue weighted by Crippen LogP contribution is -2.39. The van der Waals surface area contributed by atoms with Gasteiger partial charge in [-0.3, -0.25) is 49.0 Å². The van der Waals surface area contributed by atoms with Gasteiger partial charge in [0.2, 0.25) is 23.6 Å². The number of nitro groups is 2. The fourth-order valence-corrected chi connectivity index (χ4v) is 6.76. The van der Waals surface area contributed by atoms with Gasteiger partial charge in [-0.05, 0) is 105 Å². The average molecular weight is 1050 g/mol. The number of anilines is 2. The zero-order valence-corrected chi connectivity index (χ0v) is 41.5. The number of hydrogen-bond acceptors (Lipinski definition) is 15. The summed E-state index contributed by atoms with van der Waals surface area (Å²) in [6.07, 6.45) is 5.85. The molecule has 0 radical (unpaired) electrons. The second kappa shape index (κ2) is 31.9. The lowest BCUT2D eigenvalue weighted by atomic mass is 10.0. The average Bonchev–Trinajstić information content (AvgIpc) is 3.30. The molecule has 0 saturated carbocycles. The van der Waals surface area contributed by atoms with Crippen molar-refractivity contribution in [2.45, 2.75) is 84.2 Å². The molecular weight excluding hydrogens is 991 g/mol. The van der Waals surface area contributed by atoms with Gasteiger partial charge in [0, 0.05) is 50.5 Å². The van der Waals surface area contributed by atoms with Crippen molar-refractivity contribution in [3.8, 4) is 0 Å². The largest absolute Gasteiger partial charge is 0.481 e. The number of aryl methyl sites for hydroxylation is 2. The number of aromatic nitrogens is 2. The van der Waals surface area contributed by atoms with Gasteiger partial charge in [0.05, 0.1) is 54.5 Å². The molecule has 7 N–H and O–H groups in total. The molecule has 0 bridgehead atoms. The number of carbonyl (C=O) groups is 6. The monoisotopic (exact) mass is 1050 g/mol. The highest BCUT2D eigenvalue weighted by atomic mass is 35.5. The Morgan fingerprint density at radius 1 is 0.648 bits per heavy atom. The molecule has 0 saturated heterocycles. The summed E-state index contributed by atoms with van der Waals surface area (Å²) < 4.78 is 4.94. The molecular formula is C46H57Cl3N10O12. The molecule has 0 aliphatic rings. The van der Waals surface area contributed by atoms with E-state index >= 15 is 0 Å². The first-order valence-corrected chi connectivity index (χ1v) is 22.8. The van der Waals surface area contributed by atoms with Crippen molar-refractivity contribution >= 4 is 94.2 Å². The maximum Gasteiger partial charge on any atom is 0.308 e. The number of carboxylic acids is 1. The van der Waals surface area contributed by atoms with Crippen LogP contribution in [-0.2, 0) is 33.5 Å². The number of ether oxygens (including phenoxy) is 1. The third-order valence-electron chi connectivity index (χ3n) is 9.86. The standard InChI is InChI=1S/C24H30ClN5O6.C22H26ClN5O6.ClH/c1-3-36-24(33)14-19(17-7-8-18(25)20(13-17)30(34)35)29-23(32)15-28-22(31)6-4-5-10-26-21-12-16(2)9-11-27-21;1-14-7-9-25-19(10-14)24-8-3-2-4-20(29)26-13-21(30)27-17(12-22(31)32)15-5-6-16(23)18(11-15)28(33)34;/h7-9,11-13,19H,3-6,10,14-15H2,1-2H3,(H,26,27)(H,28,31)(H,29,32);5-7,9-11,17H,2-4,8,12-13H2,1H3,(H,24,25)(H,26,29)(H,27,30)(H,31,32);1H. The van der Waals surface area contributed by atoms with Crippen LogP contribution in [0.4, 0.5) is 23.0 Å². The zero-order valence-electron chi connectivity index (χ0n) is 39.2. The maximum absolute atomic E-state index is 12.5. The number of carboxylic acid groups (broad SMARTS) is 1. The minimum absolute atomic E-state index is 0. The molecule has 0 aliphatic carbocycles. The molecule has 384 valence electrons. The molecule has 2 aromatic heterocycles. The van der Waals surface area contributed by atoms with E-state index in [1.165, 1.54) is 30.3 Å². The van der Waals surface area contributed by atoms with Gasteiger partial charge in [-0.25, -0.2) is 9.97 Å². The van der Waals surface area contributed by atoms with Gasteiger partial charge >= 0.3 is 11.9 Å². The summed E-state index contributed by atoms with van der Waals surface area (Å²) in [5, 5.41) is 47.8. The SMILES string of the molecule is CCOC(=O)CC(NC(=O)CNC(=O)CCCCNc1cc(C)ccn1)c1ccc(Cl)c([N+](=O)[O-])c1.Cc1ccnc(NCCCCC(=O)NCC(=O)NC(CC(=O)O)c2ccc(Cl)c([N+](=O)[O-])c2)c1.Cl. The Balaban J connectivity index is 0.000000481. The van der Waals surface area contributed by atoms with Gasteiger partial charge in [0.15, 0.2) is 0 Å². The summed E-state index contributed by atoms with van der Waals surface area (Å²) in [4.78, 5) is 101. The van der Waals surface area contributed by atoms with E-state index in [-0.39, 0.29) is 84.5 Å². The third-order valence-corrected chi connectivity index (χ3v) is 10.5. The summed E-state index contributed by atoms with van der Waals surface area (Å²) in [5.74, 6) is -2.03. The Morgan fingerprint density at radius 3 is 1.45 bits per heavy atom. The molecule has 2 heterocycles. The van der Waals surface area contributed by atoms with Gasteiger partial charge in [-0.1, -0.05) is 35.3 Å². The van der Waals surface area contributed by atoms with Crippen LogP contribution in [0.2, 0.25) is 10.0 Å². The van der Waals surface area contributed by atoms with Crippen LogP contribution in [0.1, 0.15) is 92.6 Å². The van der Waals surface area contributed by atoms with Gasteiger partial charge in [-0.15, -0.1) is 12.4 Å². The number of hydrogen-bond donors (Lipinski definition) is 7. The molecule has 4 rings (SSSR count). The Kier molecular flexibility index (Phi) is 26.9. The number of nitrogens with zero attached hydrogens (tertiary/aromatic N) is 4. The smallest absolute Gasteiger partial charge is 0.308 e. The molecule has 2 unspecified atom stereocenters. The molecule has 25 heteroatoms. The van der Waals surface area contributed by atoms with Crippen LogP contribution in [-0.4, -0.2) is 93.3 Å². The van der Waals surface area contributed by atoms with E-state index in [1.807, 2.05) is 38.1 Å². The van der Waals surface area contributed by atoms with E-state index in [2.05, 4.69) is 41.9 Å². The van der Waals surface area contributed by atoms with Crippen LogP contribution < -0.4 is 31.9 Å². The molecule has 22 nitrogen and oxygen atoms in total. The summed E-state index contributed by atoms with van der Waals surface area (Å²) in [5.41, 5.74) is 1.98. The molecule has 0 fully saturated rings. The number of carbonyl (C=O) groups excluding carboxylic acids is 5. The van der Waals surface area contributed by atoms with Crippen molar-refractivity contribution in [3.63, 3.8) is 0 Å². The van der Waals surface area contributed by atoms with E-state index in [4.69, 9.17) is 33.0 Å². The van der Waals surface area contributed by atoms with Crippen molar-refractivity contribution in [2.75, 3.05) is 43.4 Å². The molecule has 2 atom stereocenters. The molecule has 2 aromatic carbocycles. The number of unbranched alkanes of at least 4 members (excludes halogenated alkanes) is 2. The van der Waals surface area contributed by atoms with Crippen LogP contribution in [0.3, 0.4) is 0 Å². The number of halogens is 3. The summed E-state index contributed by atoms with van der Waals surface area (Å²) in [6, 6.07) is 13.5. The van der Waals surface area contributed by atoms with Crippen LogP contribution in [0.25, 0.3) is 0 Å². The normalized spacial score (nSPS) is 11.2. The number of nitro benzene ring substituents is 2. The first kappa shape index (κ1) is 60.0. The fourth-order valence-electron chi connectivity index (χ4n) is 6.38. The van der Waals surface area contributed by atoms with Crippen molar-refractivity contribution in [1.82, 2.24) is 31.2 Å². The van der Waals surface area contributed by atoms with E-state index in [1.54, 1.807) is 19.3 Å². The first-order chi connectivity index (χ1) is 33.3. The minimum atomic E-state index is -1.21. The van der Waals surface area contributed by atoms with Crippen LogP contribution in [0, 0.1) is 34.1 Å². The lowest BCUT2D eigenvalue weighted by Gasteiger charge is -2.19. The Labute approximate surface area is 425 Å². The van der Waals surface area contributed by atoms with Crippen LogP contribution in [0.5, 0.6) is 0 Å². The number of benzene rings is 2. The van der Waals surface area contributed by atoms with Crippen molar-refractivity contribution in [2.24, 2.45) is 0 Å². The fraction of sp³-hybridized carbons (Fsp3) is 0.391. The molecule has 0 spiro atoms. The predicted octanol–water partition coefficient (Wildman–Crippen LogP) is 6.86. The highest BCUT2D eigenvalue weighted by molar-refractivity contribution is 6.33. The number of nitrogens with one attached hydrogen (secondary N) is 6. The van der Waals surface area contributed by atoms with Crippen LogP contribution >= 0.6 is 35.6 Å². The van der Waals surface area contributed by atoms with Gasteiger partial charge in [0.1, 0.15) is 21.7 Å². The third kappa shape index (κ3) is 23.3. The van der Waals surface area contributed by atoms with Crippen molar-refractivity contribution < 1.29 is 48.5 Å². The lowest BCUT2D eigenvalue weighted by molar-refractivity contribution is -0.384. The van der Waals surface area contributed by atoms with Gasteiger partial charge in [0.25, 0.3) is 11.4 Å². The Bertz CT molecular complexity index is 2470. The second-order valence-electron chi connectivity index (χ2n) is 15.5. The Hall–Kier alpha value is -7.17. The maximum atomic E-state index is 12.5. The van der Waals surface area contributed by atoms with E-state index < -0.39 is 57.8 Å². The van der Waals surface area contributed by atoms with E-state index in [0.717, 1.165) is 41.7 Å². The van der Waals surface area contributed by atoms with Crippen LogP contribution in [0.15, 0.2) is 73.1 Å². The topological polar surface area (TPSA) is 316 Å². The quantitative estimate of drug-likeness (QED) is 0.0139. The molecule has 71 heavy (non-hydrogen) atoms. The highest BCUT2D eigenvalue weighted by Crippen LogP contribution is 2.30. The van der Waals surface area contributed by atoms with Gasteiger partial charge < -0.3 is 41.7 Å². The zero-order chi connectivity index (χ0) is 51.6. The van der Waals surface area contributed by atoms with Gasteiger partial charge in [-0.2, -0.15) is 0 Å². The van der Waals surface area contributed by atoms with E-state index in [9.17, 15) is 49.0 Å². The summed E-state index contributed by atoms with van der Waals surface area (Å²) in [6.45, 7) is 6.38. The van der Waals surface area contributed by atoms with Crippen molar-refractivity contribution in [3.05, 3.63) is 126 Å². The molecule has 4 aromatic rings. The van der Waals surface area contributed by atoms with Crippen molar-refractivity contribution in [1.29, 1.82) is 0 Å². The number of aliphatic carboxylic acids is 1. The number of rotatable bonds is 27. The second-order valence-corrected chi connectivity index (χ2v) is 16.4. The summed E-state index contributed by atoms with van der Waals surface area (Å²) >= 11 is 11.7. The highest BCUT2D eigenvalue weighted by Gasteiger charge is 2.24. The molecule has 0 aliphatic heterocycles.